The molecule has 4 N–H and O–H groups in total. The first kappa shape index (κ1) is 97.1. The highest BCUT2D eigenvalue weighted by Crippen LogP contribution is 2.43. The van der Waals surface area contributed by atoms with Crippen molar-refractivity contribution in [2.24, 2.45) is 0 Å². The van der Waals surface area contributed by atoms with Crippen molar-refractivity contribution in [1.29, 1.82) is 0 Å². The minimum absolute atomic E-state index is 0. The Hall–Kier alpha value is -4.24. The van der Waals surface area contributed by atoms with E-state index >= 15 is 0 Å². The van der Waals surface area contributed by atoms with Crippen LogP contribution in [-0.4, -0.2) is 174 Å². The van der Waals surface area contributed by atoms with Crippen LogP contribution in [0.4, 0.5) is 0 Å². The van der Waals surface area contributed by atoms with Gasteiger partial charge in [0, 0.05) is 47.9 Å². The number of benzene rings is 4. The van der Waals surface area contributed by atoms with E-state index in [1.807, 2.05) is 0 Å². The second-order valence-electron chi connectivity index (χ2n) is 36.0. The first-order valence-electron chi connectivity index (χ1n) is 45.0. The maximum Gasteiger partial charge on any atom is 0.126 e. The second kappa shape index (κ2) is 56.1. The summed E-state index contributed by atoms with van der Waals surface area (Å²) in [7, 11) is 18.0. The van der Waals surface area contributed by atoms with Gasteiger partial charge in [0.25, 0.3) is 0 Å². The summed E-state index contributed by atoms with van der Waals surface area (Å²) in [4.78, 5) is 0. The zero-order chi connectivity index (χ0) is 78.1. The zero-order valence-electron chi connectivity index (χ0n) is 72.3. The van der Waals surface area contributed by atoms with Crippen molar-refractivity contribution in [1.82, 2.24) is 0 Å². The molecule has 0 aliphatic heterocycles. The van der Waals surface area contributed by atoms with E-state index in [0.717, 1.165) is 145 Å². The molecule has 1 aliphatic carbocycles. The number of nitrogens with zero attached hydrogens (tertiary/aromatic N) is 4. The van der Waals surface area contributed by atoms with Crippen LogP contribution < -0.4 is 18.9 Å². The highest BCUT2D eigenvalue weighted by atomic mass is 16.5. The topological polar surface area (TPSA) is 118 Å². The van der Waals surface area contributed by atoms with Crippen LogP contribution in [0, 0.1) is 0 Å². The largest absolute Gasteiger partial charge is 0.493 e. The molecule has 0 atom stereocenters. The molecule has 0 unspecified atom stereocenters. The SMILES string of the molecule is C.CCCCCCCCCCCCOc1c2cc(C[N+](C)(C)CCO)cc1Cc1cc(C[N+](C)(C)CCO)cc(c1OCCCCCCCCCCCC)Cc1cc(C[N+](C)(C)CCO)cc(c1OCCCCCCCCCCCC)Cc1cc(C[N+](C)(C)CCO)cc(c1OCCCCCCCCCCCC)C2. The molecule has 0 heterocycles. The Morgan fingerprint density at radius 1 is 0.229 bits per heavy atom. The number of aliphatic hydroxyl groups is 4. The molecule has 0 radical (unpaired) electrons. The van der Waals surface area contributed by atoms with E-state index in [1.54, 1.807) is 0 Å². The van der Waals surface area contributed by atoms with E-state index < -0.39 is 0 Å². The predicted octanol–water partition coefficient (Wildman–Crippen LogP) is 22.5. The average molecular weight is 1520 g/mol. The van der Waals surface area contributed by atoms with E-state index in [0.29, 0.717) is 96.2 Å². The predicted molar refractivity (Wildman–Crippen MR) is 464 cm³/mol. The summed E-state index contributed by atoms with van der Waals surface area (Å²) in [5.41, 5.74) is 14.1. The van der Waals surface area contributed by atoms with Gasteiger partial charge in [-0.15, -0.1) is 0 Å². The standard InChI is InChI=1S/C96H168N4O8.CH4/c1-13-17-21-25-29-33-37-41-45-49-61-105-93-85-65-81(77-97(5,6)53-57-101)66-86(93)74-88-68-83(79-99(9,10)55-59-103)70-90(95(88)107-63-51-47-43-39-35-31-27-23-19-15-3)76-92-72-84(80-100(11,12)56-60-104)71-91(96(92)108-64-52-48-44-40-36-32-28-24-20-16-4)75-89-69-82(78-98(7,8)54-58-102)67-87(73-85)94(89)106-62-50-46-42-38-34-30-26-22-18-14-2;/h65-72,101-104H,13-64,73-80H2,1-12H3;1H4/q+4;. The van der Waals surface area contributed by atoms with E-state index in [-0.39, 0.29) is 33.9 Å². The van der Waals surface area contributed by atoms with Gasteiger partial charge in [0.2, 0.25) is 0 Å². The molecule has 624 valence electrons. The van der Waals surface area contributed by atoms with Crippen molar-refractivity contribution >= 4 is 0 Å². The summed E-state index contributed by atoms with van der Waals surface area (Å²) in [6.07, 6.45) is 52.4. The smallest absolute Gasteiger partial charge is 0.126 e. The fraction of sp³-hybridized carbons (Fsp3) is 0.753. The molecule has 4 aromatic rings. The molecular formula is C97H172N4O8+4. The molecule has 109 heavy (non-hydrogen) atoms. The highest BCUT2D eigenvalue weighted by Gasteiger charge is 2.30. The summed E-state index contributed by atoms with van der Waals surface area (Å²) in [6.45, 7) is 17.5. The third-order valence-corrected chi connectivity index (χ3v) is 23.0. The van der Waals surface area contributed by atoms with Gasteiger partial charge in [0.15, 0.2) is 0 Å². The fourth-order valence-electron chi connectivity index (χ4n) is 16.7. The molecule has 8 bridgehead atoms. The Kier molecular flexibility index (Phi) is 50.0. The molecule has 0 aromatic heterocycles. The molecule has 0 amide bonds. The first-order chi connectivity index (χ1) is 52.2. The van der Waals surface area contributed by atoms with Crippen LogP contribution in [-0.2, 0) is 51.9 Å². The lowest BCUT2D eigenvalue weighted by Gasteiger charge is -2.31. The van der Waals surface area contributed by atoms with Crippen molar-refractivity contribution in [3.8, 4) is 23.0 Å². The Labute approximate surface area is 671 Å². The van der Waals surface area contributed by atoms with E-state index in [1.165, 1.54) is 228 Å². The highest BCUT2D eigenvalue weighted by molar-refractivity contribution is 5.58. The van der Waals surface area contributed by atoms with Gasteiger partial charge >= 0.3 is 0 Å². The summed E-state index contributed by atoms with van der Waals surface area (Å²) < 4.78 is 32.8. The Balaban J connectivity index is 0.0000251. The van der Waals surface area contributed by atoms with Crippen molar-refractivity contribution in [2.45, 2.75) is 344 Å². The van der Waals surface area contributed by atoms with Crippen LogP contribution in [0.2, 0.25) is 0 Å². The molecule has 12 heteroatoms. The molecule has 1 aliphatic rings. The van der Waals surface area contributed by atoms with E-state index in [4.69, 9.17) is 18.9 Å². The van der Waals surface area contributed by atoms with Gasteiger partial charge < -0.3 is 57.3 Å². The maximum absolute atomic E-state index is 10.6. The molecule has 0 saturated carbocycles. The van der Waals surface area contributed by atoms with Crippen LogP contribution in [0.5, 0.6) is 23.0 Å². The van der Waals surface area contributed by atoms with Gasteiger partial charge in [-0.25, -0.2) is 0 Å². The van der Waals surface area contributed by atoms with Crippen LogP contribution in [0.25, 0.3) is 0 Å². The van der Waals surface area contributed by atoms with E-state index in [2.05, 4.69) is 133 Å². The van der Waals surface area contributed by atoms with Gasteiger partial charge in [0.05, 0.1) is 109 Å². The lowest BCUT2D eigenvalue weighted by molar-refractivity contribution is -0.903. The number of ether oxygens (including phenoxy) is 4. The lowest BCUT2D eigenvalue weighted by atomic mass is 9.88. The number of hydrogen-bond acceptors (Lipinski definition) is 8. The third kappa shape index (κ3) is 40.1. The number of unbranched alkanes of at least 4 members (excludes halogenated alkanes) is 36. The number of likely N-dealkylation sites (N-methyl/N-ethyl adjacent to an activating group) is 4. The molecule has 0 spiro atoms. The number of hydrogen-bond donors (Lipinski definition) is 4. The molecule has 12 nitrogen and oxygen atoms in total. The molecular weight excluding hydrogens is 1350 g/mol. The number of aliphatic hydroxyl groups excluding tert-OH is 4. The van der Waals surface area contributed by atoms with Gasteiger partial charge in [0.1, 0.15) is 75.4 Å². The molecule has 4 aromatic carbocycles. The minimum atomic E-state index is 0. The van der Waals surface area contributed by atoms with Crippen molar-refractivity contribution < 1.29 is 57.3 Å². The van der Waals surface area contributed by atoms with Gasteiger partial charge in [-0.05, 0) is 119 Å². The third-order valence-electron chi connectivity index (χ3n) is 23.0. The van der Waals surface area contributed by atoms with Gasteiger partial charge in [-0.1, -0.05) is 266 Å². The summed E-state index contributed by atoms with van der Waals surface area (Å²) in [5, 5.41) is 42.5. The Morgan fingerprint density at radius 3 is 0.505 bits per heavy atom. The Bertz CT molecular complexity index is 2520. The molecule has 0 saturated heterocycles. The summed E-state index contributed by atoms with van der Waals surface area (Å²) in [5.74, 6) is 3.85. The van der Waals surface area contributed by atoms with Gasteiger partial charge in [-0.3, -0.25) is 0 Å². The summed E-state index contributed by atoms with van der Waals surface area (Å²) in [6, 6.07) is 19.6. The van der Waals surface area contributed by atoms with Crippen molar-refractivity contribution in [3.63, 3.8) is 0 Å². The monoisotopic (exact) mass is 1520 g/mol. The fourth-order valence-corrected chi connectivity index (χ4v) is 16.7. The normalized spacial score (nSPS) is 12.8. The van der Waals surface area contributed by atoms with Crippen LogP contribution in [0.15, 0.2) is 48.5 Å². The van der Waals surface area contributed by atoms with Crippen LogP contribution in [0.1, 0.15) is 359 Å². The number of rotatable bonds is 64. The Morgan fingerprint density at radius 2 is 0.367 bits per heavy atom. The van der Waals surface area contributed by atoms with Crippen LogP contribution in [0.3, 0.4) is 0 Å². The second-order valence-corrected chi connectivity index (χ2v) is 36.0. The van der Waals surface area contributed by atoms with E-state index in [9.17, 15) is 20.4 Å². The molecule has 5 rings (SSSR count). The van der Waals surface area contributed by atoms with Crippen molar-refractivity contribution in [2.75, 3.05) is 135 Å². The molecule has 0 fully saturated rings. The lowest BCUT2D eigenvalue weighted by Crippen LogP contribution is -2.41. The number of quaternary nitrogens is 4. The quantitative estimate of drug-likeness (QED) is 0.0225. The van der Waals surface area contributed by atoms with Crippen molar-refractivity contribution in [3.05, 3.63) is 115 Å². The summed E-state index contributed by atoms with van der Waals surface area (Å²) >= 11 is 0. The minimum Gasteiger partial charge on any atom is -0.493 e. The average Bonchev–Trinajstić information content (AvgIpc) is 0.768. The van der Waals surface area contributed by atoms with Gasteiger partial charge in [-0.2, -0.15) is 0 Å². The number of fused-ring (bicyclic) bond motifs is 8. The maximum atomic E-state index is 10.6. The van der Waals surface area contributed by atoms with Crippen LogP contribution >= 0.6 is 0 Å². The zero-order valence-corrected chi connectivity index (χ0v) is 72.3. The first-order valence-corrected chi connectivity index (χ1v) is 45.0.